The van der Waals surface area contributed by atoms with E-state index in [0.717, 1.165) is 17.7 Å². The molecule has 2 aliphatic rings. The van der Waals surface area contributed by atoms with Crippen LogP contribution < -0.4 is 4.90 Å². The molecule has 120 valence electrons. The van der Waals surface area contributed by atoms with Crippen LogP contribution in [0.15, 0.2) is 35.2 Å². The van der Waals surface area contributed by atoms with Crippen LogP contribution in [0.1, 0.15) is 0 Å². The van der Waals surface area contributed by atoms with Crippen molar-refractivity contribution in [2.75, 3.05) is 38.1 Å². The van der Waals surface area contributed by atoms with Crippen molar-refractivity contribution in [1.29, 1.82) is 0 Å². The van der Waals surface area contributed by atoms with Crippen LogP contribution in [0.3, 0.4) is 0 Å². The number of likely N-dealkylation sites (tertiary alicyclic amines) is 1. The molecule has 2 aromatic heterocycles. The third-order valence-corrected chi connectivity index (χ3v) is 5.28. The predicted molar refractivity (Wildman–Crippen MR) is 98.7 cm³/mol. The first kappa shape index (κ1) is 17.5. The molecule has 0 spiro atoms. The molecule has 4 rings (SSSR count). The molecule has 6 heteroatoms. The Hall–Kier alpha value is -0.810. The first-order valence-electron chi connectivity index (χ1n) is 7.22. The van der Waals surface area contributed by atoms with Crippen molar-refractivity contribution < 1.29 is 0 Å². The first-order chi connectivity index (χ1) is 9.79. The SMILES string of the molecule is CN1CC2CN(c3ccc(-c4ccsc4)cn3)CC2C1.Cl.Cl. The summed E-state index contributed by atoms with van der Waals surface area (Å²) in [6.07, 6.45) is 2.01. The average Bonchev–Trinajstić information content (AvgIpc) is 3.13. The highest BCUT2D eigenvalue weighted by molar-refractivity contribution is 7.08. The third-order valence-electron chi connectivity index (χ3n) is 4.60. The Kier molecular flexibility index (Phi) is 5.72. The summed E-state index contributed by atoms with van der Waals surface area (Å²) < 4.78 is 0. The van der Waals surface area contributed by atoms with Gasteiger partial charge < -0.3 is 9.80 Å². The van der Waals surface area contributed by atoms with Gasteiger partial charge in [-0.25, -0.2) is 4.98 Å². The van der Waals surface area contributed by atoms with Crippen LogP contribution in [0.4, 0.5) is 5.82 Å². The molecule has 3 nitrogen and oxygen atoms in total. The van der Waals surface area contributed by atoms with Gasteiger partial charge in [-0.05, 0) is 53.4 Å². The van der Waals surface area contributed by atoms with Gasteiger partial charge in [0, 0.05) is 37.9 Å². The molecule has 2 atom stereocenters. The molecule has 0 bridgehead atoms. The molecular weight excluding hydrogens is 337 g/mol. The number of pyridine rings is 1. The fraction of sp³-hybridized carbons (Fsp3) is 0.438. The van der Waals surface area contributed by atoms with Gasteiger partial charge in [-0.15, -0.1) is 24.8 Å². The monoisotopic (exact) mass is 357 g/mol. The van der Waals surface area contributed by atoms with E-state index in [2.05, 4.69) is 50.8 Å². The molecule has 2 unspecified atom stereocenters. The number of aromatic nitrogens is 1. The van der Waals surface area contributed by atoms with E-state index in [1.54, 1.807) is 11.3 Å². The largest absolute Gasteiger partial charge is 0.356 e. The van der Waals surface area contributed by atoms with Crippen LogP contribution in [-0.2, 0) is 0 Å². The van der Waals surface area contributed by atoms with E-state index in [0.29, 0.717) is 0 Å². The molecule has 0 aliphatic carbocycles. The van der Waals surface area contributed by atoms with E-state index >= 15 is 0 Å². The number of halogens is 2. The summed E-state index contributed by atoms with van der Waals surface area (Å²) in [6, 6.07) is 6.53. The molecule has 0 radical (unpaired) electrons. The number of hydrogen-bond acceptors (Lipinski definition) is 4. The molecular formula is C16H21Cl2N3S. The van der Waals surface area contributed by atoms with Crippen molar-refractivity contribution in [2.45, 2.75) is 0 Å². The van der Waals surface area contributed by atoms with Crippen molar-refractivity contribution >= 4 is 42.0 Å². The Balaban J connectivity index is 0.000000882. The second-order valence-corrected chi connectivity index (χ2v) is 6.84. The van der Waals surface area contributed by atoms with Gasteiger partial charge >= 0.3 is 0 Å². The van der Waals surface area contributed by atoms with Crippen LogP contribution in [0, 0.1) is 11.8 Å². The highest BCUT2D eigenvalue weighted by atomic mass is 35.5. The van der Waals surface area contributed by atoms with Crippen LogP contribution in [0.2, 0.25) is 0 Å². The Bertz CT molecular complexity index is 574. The van der Waals surface area contributed by atoms with E-state index in [-0.39, 0.29) is 24.8 Å². The maximum atomic E-state index is 4.68. The molecule has 4 heterocycles. The molecule has 0 saturated carbocycles. The Morgan fingerprint density at radius 3 is 2.27 bits per heavy atom. The zero-order valence-corrected chi connectivity index (χ0v) is 15.0. The average molecular weight is 358 g/mol. The summed E-state index contributed by atoms with van der Waals surface area (Å²) in [6.45, 7) is 4.82. The molecule has 2 aromatic rings. The van der Waals surface area contributed by atoms with E-state index in [9.17, 15) is 0 Å². The molecule has 0 N–H and O–H groups in total. The summed E-state index contributed by atoms with van der Waals surface area (Å²) in [5.41, 5.74) is 2.49. The lowest BCUT2D eigenvalue weighted by molar-refractivity contribution is 0.387. The highest BCUT2D eigenvalue weighted by Gasteiger charge is 2.38. The number of anilines is 1. The van der Waals surface area contributed by atoms with E-state index in [1.807, 2.05) is 6.20 Å². The third kappa shape index (κ3) is 3.25. The summed E-state index contributed by atoms with van der Waals surface area (Å²) >= 11 is 1.73. The van der Waals surface area contributed by atoms with E-state index in [1.165, 1.54) is 37.3 Å². The molecule has 2 aliphatic heterocycles. The van der Waals surface area contributed by atoms with Crippen molar-refractivity contribution in [3.63, 3.8) is 0 Å². The van der Waals surface area contributed by atoms with Gasteiger partial charge in [0.2, 0.25) is 0 Å². The highest BCUT2D eigenvalue weighted by Crippen LogP contribution is 2.33. The summed E-state index contributed by atoms with van der Waals surface area (Å²) in [5.74, 6) is 2.80. The van der Waals surface area contributed by atoms with E-state index in [4.69, 9.17) is 0 Å². The van der Waals surface area contributed by atoms with E-state index < -0.39 is 0 Å². The summed E-state index contributed by atoms with van der Waals surface area (Å²) in [4.78, 5) is 9.60. The smallest absolute Gasteiger partial charge is 0.128 e. The minimum Gasteiger partial charge on any atom is -0.356 e. The number of rotatable bonds is 2. The minimum absolute atomic E-state index is 0. The fourth-order valence-corrected chi connectivity index (χ4v) is 4.25. The molecule has 2 fully saturated rings. The molecule has 22 heavy (non-hydrogen) atoms. The van der Waals surface area contributed by atoms with Crippen molar-refractivity contribution in [2.24, 2.45) is 11.8 Å². The Labute approximate surface area is 148 Å². The number of nitrogens with zero attached hydrogens (tertiary/aromatic N) is 3. The fourth-order valence-electron chi connectivity index (χ4n) is 3.59. The normalized spacial score (nSPS) is 23.8. The van der Waals surface area contributed by atoms with Crippen LogP contribution in [0.25, 0.3) is 11.1 Å². The van der Waals surface area contributed by atoms with Crippen LogP contribution >= 0.6 is 36.2 Å². The quantitative estimate of drug-likeness (QED) is 0.817. The maximum absolute atomic E-state index is 4.68. The second kappa shape index (κ2) is 7.18. The topological polar surface area (TPSA) is 19.4 Å². The number of thiophene rings is 1. The minimum atomic E-state index is 0. The second-order valence-electron chi connectivity index (χ2n) is 6.06. The molecule has 2 saturated heterocycles. The van der Waals surface area contributed by atoms with Gasteiger partial charge in [0.25, 0.3) is 0 Å². The van der Waals surface area contributed by atoms with Crippen LogP contribution in [-0.4, -0.2) is 43.1 Å². The lowest BCUT2D eigenvalue weighted by Gasteiger charge is -2.20. The zero-order chi connectivity index (χ0) is 13.5. The maximum Gasteiger partial charge on any atom is 0.128 e. The molecule has 0 aromatic carbocycles. The predicted octanol–water partition coefficient (Wildman–Crippen LogP) is 3.65. The van der Waals surface area contributed by atoms with Crippen molar-refractivity contribution in [1.82, 2.24) is 9.88 Å². The summed E-state index contributed by atoms with van der Waals surface area (Å²) in [7, 11) is 2.23. The van der Waals surface area contributed by atoms with Gasteiger partial charge in [0.15, 0.2) is 0 Å². The van der Waals surface area contributed by atoms with Gasteiger partial charge in [-0.3, -0.25) is 0 Å². The van der Waals surface area contributed by atoms with Gasteiger partial charge in [-0.2, -0.15) is 11.3 Å². The zero-order valence-electron chi connectivity index (χ0n) is 12.5. The van der Waals surface area contributed by atoms with Gasteiger partial charge in [-0.1, -0.05) is 0 Å². The van der Waals surface area contributed by atoms with Crippen molar-refractivity contribution in [3.8, 4) is 11.1 Å². The Morgan fingerprint density at radius 2 is 1.73 bits per heavy atom. The Morgan fingerprint density at radius 1 is 1.00 bits per heavy atom. The van der Waals surface area contributed by atoms with Gasteiger partial charge in [0.1, 0.15) is 5.82 Å². The lowest BCUT2D eigenvalue weighted by Crippen LogP contribution is -2.27. The summed E-state index contributed by atoms with van der Waals surface area (Å²) in [5, 5.41) is 4.29. The van der Waals surface area contributed by atoms with Crippen molar-refractivity contribution in [3.05, 3.63) is 35.2 Å². The lowest BCUT2D eigenvalue weighted by atomic mass is 10.0. The number of fused-ring (bicyclic) bond motifs is 1. The first-order valence-corrected chi connectivity index (χ1v) is 8.16. The standard InChI is InChI=1S/C16H19N3S.2ClH/c1-18-7-14-9-19(10-15(14)8-18)16-3-2-12(6-17-16)13-4-5-20-11-13;;/h2-6,11,14-15H,7-10H2,1H3;2*1H. The molecule has 0 amide bonds. The van der Waals surface area contributed by atoms with Gasteiger partial charge in [0.05, 0.1) is 0 Å². The number of hydrogen-bond donors (Lipinski definition) is 0. The van der Waals surface area contributed by atoms with Crippen LogP contribution in [0.5, 0.6) is 0 Å².